The lowest BCUT2D eigenvalue weighted by atomic mass is 10.0. The molecule has 0 aliphatic carbocycles. The fourth-order valence-electron chi connectivity index (χ4n) is 3.99. The molecule has 1 rings (SSSR count). The van der Waals surface area contributed by atoms with E-state index in [1.54, 1.807) is 6.92 Å². The van der Waals surface area contributed by atoms with E-state index < -0.39 is 0 Å². The van der Waals surface area contributed by atoms with Crippen LogP contribution < -0.4 is 10.6 Å². The van der Waals surface area contributed by atoms with Gasteiger partial charge in [0.15, 0.2) is 6.17 Å². The summed E-state index contributed by atoms with van der Waals surface area (Å²) < 4.78 is 0.951. The molecule has 1 amide bonds. The Balaban J connectivity index is 2.07. The van der Waals surface area contributed by atoms with E-state index in [1.165, 1.54) is 70.6 Å². The minimum atomic E-state index is 0.0642. The molecule has 0 bridgehead atoms. The fourth-order valence-corrected chi connectivity index (χ4v) is 3.99. The summed E-state index contributed by atoms with van der Waals surface area (Å²) in [6.07, 6.45) is 24.0. The lowest BCUT2D eigenvalue weighted by Gasteiger charge is -2.37. The van der Waals surface area contributed by atoms with E-state index in [0.29, 0.717) is 6.17 Å². The molecule has 2 N–H and O–H groups in total. The minimum Gasteiger partial charge on any atom is -0.351 e. The van der Waals surface area contributed by atoms with E-state index in [-0.39, 0.29) is 5.91 Å². The van der Waals surface area contributed by atoms with Gasteiger partial charge in [0, 0.05) is 13.3 Å². The third-order valence-electron chi connectivity index (χ3n) is 5.77. The van der Waals surface area contributed by atoms with Crippen molar-refractivity contribution in [3.63, 3.8) is 0 Å². The zero-order valence-electron chi connectivity index (χ0n) is 18.1. The van der Waals surface area contributed by atoms with E-state index in [2.05, 4.69) is 49.0 Å². The predicted octanol–water partition coefficient (Wildman–Crippen LogP) is 5.23. The first-order chi connectivity index (χ1) is 13.1. The lowest BCUT2D eigenvalue weighted by molar-refractivity contribution is -0.898. The van der Waals surface area contributed by atoms with E-state index >= 15 is 0 Å². The molecule has 1 heterocycles. The van der Waals surface area contributed by atoms with Crippen molar-refractivity contribution < 1.29 is 9.28 Å². The average Bonchev–Trinajstić information content (AvgIpc) is 3.05. The molecule has 1 aliphatic heterocycles. The highest BCUT2D eigenvalue weighted by atomic mass is 16.1. The SMILES string of the molecule is CC/C=C/CCCCCCCCCCC1NC=C[N+]1(CC)CCNC(C)=O. The van der Waals surface area contributed by atoms with Crippen molar-refractivity contribution in [3.8, 4) is 0 Å². The first-order valence-electron chi connectivity index (χ1n) is 11.3. The van der Waals surface area contributed by atoms with Gasteiger partial charge in [0.2, 0.25) is 5.91 Å². The highest BCUT2D eigenvalue weighted by molar-refractivity contribution is 5.72. The molecule has 4 heteroatoms. The summed E-state index contributed by atoms with van der Waals surface area (Å²) >= 11 is 0. The van der Waals surface area contributed by atoms with Gasteiger partial charge in [-0.1, -0.05) is 57.6 Å². The van der Waals surface area contributed by atoms with Crippen LogP contribution in [0.3, 0.4) is 0 Å². The molecule has 0 aromatic heterocycles. The Morgan fingerprint density at radius 2 is 1.70 bits per heavy atom. The Labute approximate surface area is 168 Å². The van der Waals surface area contributed by atoms with Crippen LogP contribution in [-0.2, 0) is 4.79 Å². The molecule has 0 fully saturated rings. The van der Waals surface area contributed by atoms with E-state index in [1.807, 2.05) is 0 Å². The summed E-state index contributed by atoms with van der Waals surface area (Å²) in [7, 11) is 0. The Kier molecular flexibility index (Phi) is 13.0. The molecule has 2 atom stereocenters. The number of quaternary nitrogens is 1. The van der Waals surface area contributed by atoms with Crippen LogP contribution in [0.4, 0.5) is 0 Å². The average molecular weight is 379 g/mol. The molecule has 0 aromatic carbocycles. The second-order valence-electron chi connectivity index (χ2n) is 7.91. The monoisotopic (exact) mass is 378 g/mol. The van der Waals surface area contributed by atoms with Gasteiger partial charge < -0.3 is 10.6 Å². The third-order valence-corrected chi connectivity index (χ3v) is 5.77. The number of unbranched alkanes of at least 4 members (excludes halogenated alkanes) is 8. The van der Waals surface area contributed by atoms with Crippen LogP contribution in [-0.4, -0.2) is 36.2 Å². The van der Waals surface area contributed by atoms with Gasteiger partial charge >= 0.3 is 0 Å². The first kappa shape index (κ1) is 23.7. The number of allylic oxidation sites excluding steroid dienone is 2. The summed E-state index contributed by atoms with van der Waals surface area (Å²) in [5.41, 5.74) is 0. The standard InChI is InChI=1S/C23H43N3O/c1-4-6-7-8-9-10-11-12-13-14-15-16-17-23-25-19-21-26(23,5-2)20-18-24-22(3)27/h6-7,19,21,23,25H,4-5,8-18,20H2,1-3H3/p+1/b7-6+. The van der Waals surface area contributed by atoms with Crippen LogP contribution in [0, 0.1) is 0 Å². The molecule has 2 unspecified atom stereocenters. The first-order valence-corrected chi connectivity index (χ1v) is 11.3. The zero-order valence-corrected chi connectivity index (χ0v) is 18.1. The predicted molar refractivity (Wildman–Crippen MR) is 116 cm³/mol. The molecule has 0 spiro atoms. The number of carbonyl (C=O) groups is 1. The van der Waals surface area contributed by atoms with Crippen molar-refractivity contribution in [2.75, 3.05) is 19.6 Å². The summed E-state index contributed by atoms with van der Waals surface area (Å²) in [6, 6.07) is 0. The number of nitrogens with one attached hydrogen (secondary N) is 2. The number of hydrogen-bond acceptors (Lipinski definition) is 2. The van der Waals surface area contributed by atoms with Gasteiger partial charge in [0.25, 0.3) is 0 Å². The Bertz CT molecular complexity index is 447. The van der Waals surface area contributed by atoms with E-state index in [4.69, 9.17) is 0 Å². The highest BCUT2D eigenvalue weighted by Crippen LogP contribution is 2.23. The van der Waals surface area contributed by atoms with Crippen LogP contribution in [0.5, 0.6) is 0 Å². The summed E-state index contributed by atoms with van der Waals surface area (Å²) in [5, 5.41) is 6.50. The largest absolute Gasteiger partial charge is 0.351 e. The van der Waals surface area contributed by atoms with Gasteiger partial charge in [-0.3, -0.25) is 9.28 Å². The Hall–Kier alpha value is -1.29. The van der Waals surface area contributed by atoms with Gasteiger partial charge in [0.1, 0.15) is 12.7 Å². The minimum absolute atomic E-state index is 0.0642. The van der Waals surface area contributed by atoms with Crippen LogP contribution in [0.2, 0.25) is 0 Å². The molecule has 0 saturated heterocycles. The quantitative estimate of drug-likeness (QED) is 0.219. The van der Waals surface area contributed by atoms with E-state index in [0.717, 1.165) is 24.1 Å². The molecular weight excluding hydrogens is 334 g/mol. The smallest absolute Gasteiger partial charge is 0.217 e. The van der Waals surface area contributed by atoms with Crippen molar-refractivity contribution in [1.82, 2.24) is 10.6 Å². The van der Waals surface area contributed by atoms with Crippen molar-refractivity contribution in [3.05, 3.63) is 24.6 Å². The summed E-state index contributed by atoms with van der Waals surface area (Å²) in [4.78, 5) is 11.1. The number of likely N-dealkylation sites (N-methyl/N-ethyl adjacent to an activating group) is 1. The number of amides is 1. The van der Waals surface area contributed by atoms with Gasteiger partial charge in [-0.25, -0.2) is 0 Å². The maximum Gasteiger partial charge on any atom is 0.217 e. The van der Waals surface area contributed by atoms with Crippen molar-refractivity contribution in [2.45, 2.75) is 97.6 Å². The van der Waals surface area contributed by atoms with Gasteiger partial charge in [0.05, 0.1) is 19.3 Å². The molecule has 0 aromatic rings. The number of hydrogen-bond donors (Lipinski definition) is 2. The maximum absolute atomic E-state index is 11.1. The second-order valence-corrected chi connectivity index (χ2v) is 7.91. The number of nitrogens with zero attached hydrogens (tertiary/aromatic N) is 1. The topological polar surface area (TPSA) is 41.1 Å². The summed E-state index contributed by atoms with van der Waals surface area (Å²) in [5.74, 6) is 0.0642. The summed E-state index contributed by atoms with van der Waals surface area (Å²) in [6.45, 7) is 8.83. The van der Waals surface area contributed by atoms with Gasteiger partial charge in [-0.2, -0.15) is 0 Å². The third kappa shape index (κ3) is 9.99. The number of carbonyl (C=O) groups excluding carboxylic acids is 1. The normalized spacial score (nSPS) is 21.7. The lowest BCUT2D eigenvalue weighted by Crippen LogP contribution is -2.55. The number of rotatable bonds is 16. The Morgan fingerprint density at radius 1 is 1.04 bits per heavy atom. The van der Waals surface area contributed by atoms with E-state index in [9.17, 15) is 4.79 Å². The Morgan fingerprint density at radius 3 is 2.33 bits per heavy atom. The van der Waals surface area contributed by atoms with Crippen LogP contribution in [0.15, 0.2) is 24.6 Å². The van der Waals surface area contributed by atoms with Crippen molar-refractivity contribution in [1.29, 1.82) is 0 Å². The second kappa shape index (κ2) is 14.7. The molecule has 4 nitrogen and oxygen atoms in total. The molecule has 0 saturated carbocycles. The zero-order chi connectivity index (χ0) is 19.8. The van der Waals surface area contributed by atoms with Crippen molar-refractivity contribution >= 4 is 5.91 Å². The molecular formula is C23H44N3O+. The van der Waals surface area contributed by atoms with Crippen LogP contribution in [0.1, 0.15) is 91.4 Å². The highest BCUT2D eigenvalue weighted by Gasteiger charge is 2.36. The molecule has 0 radical (unpaired) electrons. The van der Waals surface area contributed by atoms with Crippen LogP contribution in [0.25, 0.3) is 0 Å². The van der Waals surface area contributed by atoms with Gasteiger partial charge in [-0.15, -0.1) is 0 Å². The molecule has 27 heavy (non-hydrogen) atoms. The van der Waals surface area contributed by atoms with Crippen LogP contribution >= 0.6 is 0 Å². The van der Waals surface area contributed by atoms with Crippen molar-refractivity contribution in [2.24, 2.45) is 0 Å². The molecule has 156 valence electrons. The molecule has 1 aliphatic rings. The fraction of sp³-hybridized carbons (Fsp3) is 0.783. The van der Waals surface area contributed by atoms with Gasteiger partial charge in [-0.05, 0) is 32.6 Å². The maximum atomic E-state index is 11.1.